The van der Waals surface area contributed by atoms with Crippen LogP contribution in [0.25, 0.3) is 0 Å². The first-order valence-corrected chi connectivity index (χ1v) is 12.4. The number of aryl methyl sites for hydroxylation is 5. The molecule has 0 bridgehead atoms. The number of carbonyl (C=O) groups excluding carboxylic acids is 1. The van der Waals surface area contributed by atoms with Crippen molar-refractivity contribution in [1.82, 2.24) is 0 Å². The van der Waals surface area contributed by atoms with Gasteiger partial charge in [0.2, 0.25) is 0 Å². The lowest BCUT2D eigenvalue weighted by Gasteiger charge is -2.25. The zero-order valence-electron chi connectivity index (χ0n) is 19.5. The molecule has 0 N–H and O–H groups in total. The summed E-state index contributed by atoms with van der Waals surface area (Å²) in [6.45, 7) is 9.68. The van der Waals surface area contributed by atoms with Gasteiger partial charge in [-0.3, -0.25) is 4.79 Å². The molecule has 0 radical (unpaired) electrons. The van der Waals surface area contributed by atoms with Gasteiger partial charge in [-0.05, 0) is 81.5 Å². The molecule has 0 aromatic heterocycles. The van der Waals surface area contributed by atoms with Crippen molar-refractivity contribution < 1.29 is 13.2 Å². The van der Waals surface area contributed by atoms with Crippen LogP contribution < -0.4 is 4.31 Å². The monoisotopic (exact) mass is 449 g/mol. The van der Waals surface area contributed by atoms with E-state index >= 15 is 0 Å². The van der Waals surface area contributed by atoms with Crippen LogP contribution in [-0.4, -0.2) is 14.3 Å². The van der Waals surface area contributed by atoms with E-state index in [9.17, 15) is 13.2 Å². The van der Waals surface area contributed by atoms with Crippen LogP contribution in [0.4, 0.5) is 5.69 Å². The van der Waals surface area contributed by atoms with E-state index in [1.54, 1.807) is 36.4 Å². The second-order valence-electron chi connectivity index (χ2n) is 8.43. The van der Waals surface area contributed by atoms with Gasteiger partial charge in [-0.1, -0.05) is 60.9 Å². The first kappa shape index (κ1) is 23.7. The molecule has 4 nitrogen and oxygen atoms in total. The minimum Gasteiger partial charge on any atom is -0.268 e. The SMILES string of the molecule is CCCCc1ccc(N(C(=O)c2c(C)cc(C)cc2C)S(=O)(=O)c2ccc(C)cc2)cc1. The predicted molar refractivity (Wildman–Crippen MR) is 131 cm³/mol. The predicted octanol–water partition coefficient (Wildman–Crippen LogP) is 6.30. The zero-order chi connectivity index (χ0) is 23.5. The topological polar surface area (TPSA) is 54.5 Å². The normalized spacial score (nSPS) is 11.4. The standard InChI is InChI=1S/C27H31NO3S/c1-6-7-8-23-11-13-24(14-12-23)28(32(30,31)25-15-9-19(2)10-16-25)27(29)26-21(4)17-20(3)18-22(26)5/h9-18H,6-8H2,1-5H3. The molecule has 32 heavy (non-hydrogen) atoms. The van der Waals surface area contributed by atoms with Crippen molar-refractivity contribution in [3.05, 3.63) is 94.0 Å². The van der Waals surface area contributed by atoms with E-state index in [1.807, 2.05) is 52.0 Å². The minimum atomic E-state index is -4.11. The average molecular weight is 450 g/mol. The molecule has 5 heteroatoms. The number of amides is 1. The zero-order valence-corrected chi connectivity index (χ0v) is 20.3. The molecule has 0 unspecified atom stereocenters. The Morgan fingerprint density at radius 2 is 1.38 bits per heavy atom. The minimum absolute atomic E-state index is 0.0916. The Labute approximate surface area is 192 Å². The summed E-state index contributed by atoms with van der Waals surface area (Å²) in [6.07, 6.45) is 3.07. The van der Waals surface area contributed by atoms with Gasteiger partial charge in [0.15, 0.2) is 0 Å². The van der Waals surface area contributed by atoms with E-state index in [2.05, 4.69) is 6.92 Å². The Balaban J connectivity index is 2.15. The van der Waals surface area contributed by atoms with Crippen molar-refractivity contribution in [3.8, 4) is 0 Å². The number of carbonyl (C=O) groups is 1. The van der Waals surface area contributed by atoms with E-state index in [4.69, 9.17) is 0 Å². The third-order valence-electron chi connectivity index (χ3n) is 5.62. The van der Waals surface area contributed by atoms with Gasteiger partial charge in [-0.25, -0.2) is 8.42 Å². The van der Waals surface area contributed by atoms with E-state index < -0.39 is 15.9 Å². The summed E-state index contributed by atoms with van der Waals surface area (Å²) in [6, 6.07) is 17.7. The summed E-state index contributed by atoms with van der Waals surface area (Å²) >= 11 is 0. The first-order chi connectivity index (χ1) is 15.1. The van der Waals surface area contributed by atoms with Crippen LogP contribution in [0.1, 0.15) is 57.9 Å². The summed E-state index contributed by atoms with van der Waals surface area (Å²) in [5, 5.41) is 0. The highest BCUT2D eigenvalue weighted by atomic mass is 32.2. The van der Waals surface area contributed by atoms with Gasteiger partial charge in [0.25, 0.3) is 15.9 Å². The van der Waals surface area contributed by atoms with Crippen LogP contribution in [0.2, 0.25) is 0 Å². The number of rotatable bonds is 7. The van der Waals surface area contributed by atoms with Gasteiger partial charge < -0.3 is 0 Å². The molecule has 1 amide bonds. The Morgan fingerprint density at radius 3 is 1.91 bits per heavy atom. The quantitative estimate of drug-likeness (QED) is 0.425. The Kier molecular flexibility index (Phi) is 7.19. The highest BCUT2D eigenvalue weighted by Crippen LogP contribution is 2.29. The maximum Gasteiger partial charge on any atom is 0.272 e. The number of hydrogen-bond acceptors (Lipinski definition) is 3. The fourth-order valence-corrected chi connectivity index (χ4v) is 5.38. The van der Waals surface area contributed by atoms with Crippen LogP contribution in [0.3, 0.4) is 0 Å². The molecule has 0 aliphatic heterocycles. The van der Waals surface area contributed by atoms with Gasteiger partial charge in [-0.2, -0.15) is 4.31 Å². The fourth-order valence-electron chi connectivity index (χ4n) is 3.98. The lowest BCUT2D eigenvalue weighted by Crippen LogP contribution is -2.38. The maximum atomic E-state index is 13.8. The molecule has 0 saturated carbocycles. The number of benzene rings is 3. The van der Waals surface area contributed by atoms with Gasteiger partial charge >= 0.3 is 0 Å². The molecule has 3 aromatic carbocycles. The van der Waals surface area contributed by atoms with Crippen molar-refractivity contribution in [1.29, 1.82) is 0 Å². The summed E-state index contributed by atoms with van der Waals surface area (Å²) in [7, 11) is -4.11. The van der Waals surface area contributed by atoms with Crippen molar-refractivity contribution in [2.75, 3.05) is 4.31 Å². The van der Waals surface area contributed by atoms with Gasteiger partial charge in [-0.15, -0.1) is 0 Å². The van der Waals surface area contributed by atoms with Gasteiger partial charge in [0, 0.05) is 5.56 Å². The molecule has 0 heterocycles. The summed E-state index contributed by atoms with van der Waals surface area (Å²) < 4.78 is 28.4. The van der Waals surface area contributed by atoms with Crippen molar-refractivity contribution in [2.45, 2.75) is 58.8 Å². The average Bonchev–Trinajstić information content (AvgIpc) is 2.72. The molecular weight excluding hydrogens is 418 g/mol. The molecule has 0 saturated heterocycles. The molecule has 0 fully saturated rings. The van der Waals surface area contributed by atoms with E-state index in [0.717, 1.165) is 51.4 Å². The summed E-state index contributed by atoms with van der Waals surface area (Å²) in [5.41, 5.74) is 5.39. The highest BCUT2D eigenvalue weighted by molar-refractivity contribution is 7.93. The summed E-state index contributed by atoms with van der Waals surface area (Å²) in [4.78, 5) is 13.9. The molecule has 0 aliphatic carbocycles. The second kappa shape index (κ2) is 9.70. The van der Waals surface area contributed by atoms with Crippen molar-refractivity contribution in [3.63, 3.8) is 0 Å². The second-order valence-corrected chi connectivity index (χ2v) is 10.2. The number of anilines is 1. The molecular formula is C27H31NO3S. The van der Waals surface area contributed by atoms with E-state index in [-0.39, 0.29) is 4.90 Å². The smallest absolute Gasteiger partial charge is 0.268 e. The Morgan fingerprint density at radius 1 is 0.812 bits per heavy atom. The van der Waals surface area contributed by atoms with Gasteiger partial charge in [0.1, 0.15) is 0 Å². The molecule has 168 valence electrons. The third-order valence-corrected chi connectivity index (χ3v) is 7.35. The van der Waals surface area contributed by atoms with Crippen LogP contribution in [0, 0.1) is 27.7 Å². The number of sulfonamides is 1. The molecule has 0 atom stereocenters. The third kappa shape index (κ3) is 4.94. The summed E-state index contributed by atoms with van der Waals surface area (Å²) in [5.74, 6) is -0.540. The number of unbranched alkanes of at least 4 members (excludes halogenated alkanes) is 1. The van der Waals surface area contributed by atoms with Crippen molar-refractivity contribution in [2.24, 2.45) is 0 Å². The maximum absolute atomic E-state index is 13.8. The molecule has 0 spiro atoms. The fraction of sp³-hybridized carbons (Fsp3) is 0.296. The highest BCUT2D eigenvalue weighted by Gasteiger charge is 2.33. The van der Waals surface area contributed by atoms with Crippen molar-refractivity contribution >= 4 is 21.6 Å². The van der Waals surface area contributed by atoms with E-state index in [1.165, 1.54) is 0 Å². The number of nitrogens with zero attached hydrogens (tertiary/aromatic N) is 1. The van der Waals surface area contributed by atoms with Crippen LogP contribution in [0.15, 0.2) is 65.6 Å². The van der Waals surface area contributed by atoms with Crippen LogP contribution in [0.5, 0.6) is 0 Å². The molecule has 3 rings (SSSR count). The Bertz CT molecular complexity index is 1190. The first-order valence-electron chi connectivity index (χ1n) is 11.0. The largest absolute Gasteiger partial charge is 0.272 e. The lowest BCUT2D eigenvalue weighted by molar-refractivity contribution is 0.100. The van der Waals surface area contributed by atoms with E-state index in [0.29, 0.717) is 11.3 Å². The van der Waals surface area contributed by atoms with Crippen LogP contribution >= 0.6 is 0 Å². The van der Waals surface area contributed by atoms with Gasteiger partial charge in [0.05, 0.1) is 10.6 Å². The number of hydrogen-bond donors (Lipinski definition) is 0. The van der Waals surface area contributed by atoms with Crippen LogP contribution in [-0.2, 0) is 16.4 Å². The Hall–Kier alpha value is -2.92. The lowest BCUT2D eigenvalue weighted by atomic mass is 9.99. The molecule has 3 aromatic rings. The molecule has 0 aliphatic rings.